The van der Waals surface area contributed by atoms with Gasteiger partial charge < -0.3 is 15.0 Å². The van der Waals surface area contributed by atoms with Crippen molar-refractivity contribution in [2.24, 2.45) is 0 Å². The molecule has 152 valence electrons. The van der Waals surface area contributed by atoms with E-state index in [1.54, 1.807) is 7.11 Å². The van der Waals surface area contributed by atoms with E-state index in [1.807, 2.05) is 18.2 Å². The number of aromatic amines is 1. The summed E-state index contributed by atoms with van der Waals surface area (Å²) in [7, 11) is 1.72. The number of benzene rings is 3. The van der Waals surface area contributed by atoms with Crippen molar-refractivity contribution in [3.05, 3.63) is 105 Å². The van der Waals surface area contributed by atoms with Crippen LogP contribution in [0.1, 0.15) is 22.3 Å². The van der Waals surface area contributed by atoms with E-state index in [0.29, 0.717) is 0 Å². The molecule has 0 radical (unpaired) electrons. The van der Waals surface area contributed by atoms with Crippen molar-refractivity contribution in [3.63, 3.8) is 0 Å². The summed E-state index contributed by atoms with van der Waals surface area (Å²) >= 11 is 2.36. The second kappa shape index (κ2) is 9.39. The topological polar surface area (TPSA) is 37.0 Å². The quantitative estimate of drug-likeness (QED) is 0.279. The standard InChI is InChI=1S/C26H25IN2O/c1-18(28-13-12-22-17-29-25-11-10-23(27)16-24(22)25)20-8-5-6-19(14-20)15-21-7-3-4-9-26(21)30-2/h3-11,14,16-17,28-29H,1,12-13,15H2,2H3. The van der Waals surface area contributed by atoms with Gasteiger partial charge in [-0.3, -0.25) is 0 Å². The van der Waals surface area contributed by atoms with E-state index in [4.69, 9.17) is 4.74 Å². The van der Waals surface area contributed by atoms with Crippen molar-refractivity contribution < 1.29 is 4.74 Å². The molecule has 0 atom stereocenters. The minimum atomic E-state index is 0.832. The van der Waals surface area contributed by atoms with Gasteiger partial charge in [0.05, 0.1) is 7.11 Å². The molecule has 30 heavy (non-hydrogen) atoms. The Morgan fingerprint density at radius 1 is 1.03 bits per heavy atom. The molecule has 0 unspecified atom stereocenters. The molecule has 0 saturated carbocycles. The molecule has 4 aromatic rings. The van der Waals surface area contributed by atoms with Crippen LogP contribution in [0.15, 0.2) is 79.5 Å². The minimum absolute atomic E-state index is 0.832. The predicted molar refractivity (Wildman–Crippen MR) is 134 cm³/mol. The number of hydrogen-bond donors (Lipinski definition) is 2. The number of fused-ring (bicyclic) bond motifs is 1. The fourth-order valence-electron chi connectivity index (χ4n) is 3.75. The van der Waals surface area contributed by atoms with Crippen molar-refractivity contribution in [2.75, 3.05) is 13.7 Å². The first-order chi connectivity index (χ1) is 14.6. The number of halogens is 1. The van der Waals surface area contributed by atoms with Crippen molar-refractivity contribution in [1.29, 1.82) is 0 Å². The van der Waals surface area contributed by atoms with Crippen molar-refractivity contribution in [1.82, 2.24) is 10.3 Å². The van der Waals surface area contributed by atoms with E-state index in [2.05, 4.69) is 94.2 Å². The first-order valence-electron chi connectivity index (χ1n) is 10.0. The summed E-state index contributed by atoms with van der Waals surface area (Å²) in [5.74, 6) is 0.924. The van der Waals surface area contributed by atoms with Gasteiger partial charge in [-0.25, -0.2) is 0 Å². The van der Waals surface area contributed by atoms with Gasteiger partial charge in [-0.1, -0.05) is 43.0 Å². The first kappa shape index (κ1) is 20.5. The molecule has 0 fully saturated rings. The summed E-state index contributed by atoms with van der Waals surface area (Å²) in [5.41, 5.74) is 7.01. The van der Waals surface area contributed by atoms with E-state index in [1.165, 1.54) is 31.2 Å². The number of aromatic nitrogens is 1. The summed E-state index contributed by atoms with van der Waals surface area (Å²) in [6.07, 6.45) is 3.89. The Morgan fingerprint density at radius 2 is 1.90 bits per heavy atom. The average Bonchev–Trinajstić information content (AvgIpc) is 3.16. The molecule has 3 aromatic carbocycles. The highest BCUT2D eigenvalue weighted by atomic mass is 127. The molecular formula is C26H25IN2O. The van der Waals surface area contributed by atoms with E-state index in [-0.39, 0.29) is 0 Å². The van der Waals surface area contributed by atoms with Crippen LogP contribution >= 0.6 is 22.6 Å². The lowest BCUT2D eigenvalue weighted by molar-refractivity contribution is 0.410. The molecule has 2 N–H and O–H groups in total. The summed E-state index contributed by atoms with van der Waals surface area (Å²) < 4.78 is 6.74. The van der Waals surface area contributed by atoms with E-state index in [0.717, 1.165) is 36.4 Å². The van der Waals surface area contributed by atoms with Gasteiger partial charge in [-0.15, -0.1) is 0 Å². The molecule has 0 amide bonds. The smallest absolute Gasteiger partial charge is 0.122 e. The van der Waals surface area contributed by atoms with Crippen LogP contribution in [-0.2, 0) is 12.8 Å². The summed E-state index contributed by atoms with van der Waals surface area (Å²) in [6, 6.07) is 23.2. The molecule has 0 saturated heterocycles. The SMILES string of the molecule is C=C(NCCc1c[nH]c2ccc(I)cc12)c1cccc(Cc2ccccc2OC)c1. The normalized spacial score (nSPS) is 10.9. The third-order valence-electron chi connectivity index (χ3n) is 5.32. The lowest BCUT2D eigenvalue weighted by Gasteiger charge is -2.12. The van der Waals surface area contributed by atoms with Crippen LogP contribution in [0.25, 0.3) is 16.6 Å². The maximum absolute atomic E-state index is 5.49. The lowest BCUT2D eigenvalue weighted by atomic mass is 10.0. The number of methoxy groups -OCH3 is 1. The molecule has 0 aliphatic rings. The zero-order valence-electron chi connectivity index (χ0n) is 17.0. The number of H-pyrrole nitrogens is 1. The Labute approximate surface area is 191 Å². The molecule has 1 heterocycles. The monoisotopic (exact) mass is 508 g/mol. The Hall–Kier alpha value is -2.73. The number of rotatable bonds is 8. The van der Waals surface area contributed by atoms with Gasteiger partial charge in [0.2, 0.25) is 0 Å². The highest BCUT2D eigenvalue weighted by Crippen LogP contribution is 2.23. The fourth-order valence-corrected chi connectivity index (χ4v) is 4.24. The largest absolute Gasteiger partial charge is 0.496 e. The van der Waals surface area contributed by atoms with E-state index < -0.39 is 0 Å². The van der Waals surface area contributed by atoms with Crippen LogP contribution in [0.4, 0.5) is 0 Å². The molecule has 1 aromatic heterocycles. The Morgan fingerprint density at radius 3 is 2.77 bits per heavy atom. The van der Waals surface area contributed by atoms with Gasteiger partial charge in [0.25, 0.3) is 0 Å². The Kier molecular flexibility index (Phi) is 6.43. The van der Waals surface area contributed by atoms with E-state index >= 15 is 0 Å². The second-order valence-corrected chi connectivity index (χ2v) is 8.59. The van der Waals surface area contributed by atoms with Crippen molar-refractivity contribution in [3.8, 4) is 5.75 Å². The third-order valence-corrected chi connectivity index (χ3v) is 6.00. The maximum Gasteiger partial charge on any atom is 0.122 e. The van der Waals surface area contributed by atoms with Crippen LogP contribution in [0, 0.1) is 3.57 Å². The van der Waals surface area contributed by atoms with Gasteiger partial charge in [0.1, 0.15) is 5.75 Å². The molecule has 4 heteroatoms. The Bertz CT molecular complexity index is 1180. The molecule has 0 bridgehead atoms. The van der Waals surface area contributed by atoms with Gasteiger partial charge in [0, 0.05) is 39.3 Å². The summed E-state index contributed by atoms with van der Waals surface area (Å²) in [6.45, 7) is 5.10. The number of hydrogen-bond acceptors (Lipinski definition) is 2. The minimum Gasteiger partial charge on any atom is -0.496 e. The maximum atomic E-state index is 5.49. The van der Waals surface area contributed by atoms with Crippen LogP contribution in [0.2, 0.25) is 0 Å². The van der Waals surface area contributed by atoms with Crippen LogP contribution in [-0.4, -0.2) is 18.6 Å². The molecule has 0 aliphatic carbocycles. The van der Waals surface area contributed by atoms with Crippen molar-refractivity contribution in [2.45, 2.75) is 12.8 Å². The van der Waals surface area contributed by atoms with Crippen LogP contribution < -0.4 is 10.1 Å². The zero-order valence-corrected chi connectivity index (χ0v) is 19.2. The second-order valence-electron chi connectivity index (χ2n) is 7.35. The molecule has 0 spiro atoms. The number of nitrogens with one attached hydrogen (secondary N) is 2. The molecular weight excluding hydrogens is 483 g/mol. The zero-order chi connectivity index (χ0) is 20.9. The van der Waals surface area contributed by atoms with Crippen LogP contribution in [0.5, 0.6) is 5.75 Å². The molecule has 3 nitrogen and oxygen atoms in total. The molecule has 0 aliphatic heterocycles. The van der Waals surface area contributed by atoms with Gasteiger partial charge >= 0.3 is 0 Å². The predicted octanol–water partition coefficient (Wildman–Crippen LogP) is 6.17. The van der Waals surface area contributed by atoms with Gasteiger partial charge in [-0.2, -0.15) is 0 Å². The van der Waals surface area contributed by atoms with Crippen molar-refractivity contribution >= 4 is 39.2 Å². The Balaban J connectivity index is 1.40. The van der Waals surface area contributed by atoms with Crippen LogP contribution in [0.3, 0.4) is 0 Å². The third kappa shape index (κ3) is 4.70. The first-order valence-corrected chi connectivity index (χ1v) is 11.1. The lowest BCUT2D eigenvalue weighted by Crippen LogP contribution is -2.15. The highest BCUT2D eigenvalue weighted by Gasteiger charge is 2.07. The summed E-state index contributed by atoms with van der Waals surface area (Å²) in [4.78, 5) is 3.36. The van der Waals surface area contributed by atoms with Gasteiger partial charge in [0.15, 0.2) is 0 Å². The highest BCUT2D eigenvalue weighted by molar-refractivity contribution is 14.1. The van der Waals surface area contributed by atoms with Gasteiger partial charge in [-0.05, 0) is 81.6 Å². The number of para-hydroxylation sites is 1. The molecule has 4 rings (SSSR count). The summed E-state index contributed by atoms with van der Waals surface area (Å²) in [5, 5.41) is 4.79. The van der Waals surface area contributed by atoms with E-state index in [9.17, 15) is 0 Å². The number of ether oxygens (including phenoxy) is 1. The fraction of sp³-hybridized carbons (Fsp3) is 0.154. The average molecular weight is 508 g/mol.